The van der Waals surface area contributed by atoms with Gasteiger partial charge in [0.1, 0.15) is 17.3 Å². The lowest BCUT2D eigenvalue weighted by molar-refractivity contribution is 0.830. The van der Waals surface area contributed by atoms with E-state index in [1.165, 1.54) is 12.7 Å². The number of anilines is 1. The minimum absolute atomic E-state index is 0.476. The van der Waals surface area contributed by atoms with Crippen molar-refractivity contribution in [1.82, 2.24) is 9.97 Å². The maximum atomic E-state index is 5.67. The van der Waals surface area contributed by atoms with E-state index in [9.17, 15) is 0 Å². The van der Waals surface area contributed by atoms with Crippen molar-refractivity contribution in [3.05, 3.63) is 17.5 Å². The van der Waals surface area contributed by atoms with E-state index in [2.05, 4.69) is 22.2 Å². The van der Waals surface area contributed by atoms with E-state index in [0.717, 1.165) is 18.8 Å². The summed E-state index contributed by atoms with van der Waals surface area (Å²) in [6.45, 7) is 3.08. The van der Waals surface area contributed by atoms with Crippen molar-refractivity contribution in [2.45, 2.75) is 19.8 Å². The molecule has 0 aliphatic rings. The first-order valence-electron chi connectivity index (χ1n) is 4.04. The smallest absolute Gasteiger partial charge is 0.134 e. The zero-order valence-corrected chi connectivity index (χ0v) is 7.80. The van der Waals surface area contributed by atoms with Crippen LogP contribution in [-0.4, -0.2) is 16.5 Å². The second-order valence-corrected chi connectivity index (χ2v) is 2.89. The Labute approximate surface area is 77.2 Å². The molecule has 1 aromatic heterocycles. The Kier molecular flexibility index (Phi) is 3.80. The zero-order chi connectivity index (χ0) is 8.81. The topological polar surface area (TPSA) is 37.8 Å². The maximum absolute atomic E-state index is 5.67. The van der Waals surface area contributed by atoms with Crippen molar-refractivity contribution in [3.8, 4) is 0 Å². The molecule has 0 bridgehead atoms. The highest BCUT2D eigenvalue weighted by atomic mass is 35.5. The van der Waals surface area contributed by atoms with Crippen LogP contribution in [0.5, 0.6) is 0 Å². The van der Waals surface area contributed by atoms with Gasteiger partial charge in [-0.05, 0) is 6.42 Å². The van der Waals surface area contributed by atoms with Crippen molar-refractivity contribution in [2.75, 3.05) is 11.9 Å². The van der Waals surface area contributed by atoms with Gasteiger partial charge in [-0.2, -0.15) is 0 Å². The standard InChI is InChI=1S/C8H12ClN3/c1-2-3-4-10-8-5-7(9)11-6-12-8/h5-6H,2-4H2,1H3,(H,10,11,12). The van der Waals surface area contributed by atoms with Crippen LogP contribution < -0.4 is 5.32 Å². The third-order valence-corrected chi connectivity index (χ3v) is 1.68. The molecule has 0 aliphatic heterocycles. The summed E-state index contributed by atoms with van der Waals surface area (Å²) in [7, 11) is 0. The lowest BCUT2D eigenvalue weighted by atomic mass is 10.3. The van der Waals surface area contributed by atoms with E-state index in [1.807, 2.05) is 0 Å². The van der Waals surface area contributed by atoms with Gasteiger partial charge < -0.3 is 5.32 Å². The van der Waals surface area contributed by atoms with Gasteiger partial charge in [-0.25, -0.2) is 9.97 Å². The fourth-order valence-electron chi connectivity index (χ4n) is 0.823. The minimum atomic E-state index is 0.476. The number of aromatic nitrogens is 2. The Balaban J connectivity index is 2.41. The highest BCUT2D eigenvalue weighted by Gasteiger charge is 1.93. The quantitative estimate of drug-likeness (QED) is 0.578. The van der Waals surface area contributed by atoms with Gasteiger partial charge >= 0.3 is 0 Å². The molecule has 0 saturated carbocycles. The van der Waals surface area contributed by atoms with E-state index >= 15 is 0 Å². The Hall–Kier alpha value is -0.830. The predicted molar refractivity (Wildman–Crippen MR) is 50.4 cm³/mol. The summed E-state index contributed by atoms with van der Waals surface area (Å²) in [6, 6.07) is 1.72. The van der Waals surface area contributed by atoms with Crippen LogP contribution in [0.3, 0.4) is 0 Å². The number of nitrogens with one attached hydrogen (secondary N) is 1. The largest absolute Gasteiger partial charge is 0.370 e. The van der Waals surface area contributed by atoms with Gasteiger partial charge in [-0.15, -0.1) is 0 Å². The van der Waals surface area contributed by atoms with Gasteiger partial charge in [0.2, 0.25) is 0 Å². The van der Waals surface area contributed by atoms with E-state index < -0.39 is 0 Å². The molecule has 3 nitrogen and oxygen atoms in total. The summed E-state index contributed by atoms with van der Waals surface area (Å²) < 4.78 is 0. The highest BCUT2D eigenvalue weighted by Crippen LogP contribution is 2.08. The van der Waals surface area contributed by atoms with Crippen LogP contribution in [0, 0.1) is 0 Å². The van der Waals surface area contributed by atoms with Crippen LogP contribution >= 0.6 is 11.6 Å². The first-order valence-corrected chi connectivity index (χ1v) is 4.42. The first-order chi connectivity index (χ1) is 5.83. The van der Waals surface area contributed by atoms with Crippen molar-refractivity contribution in [3.63, 3.8) is 0 Å². The van der Waals surface area contributed by atoms with Gasteiger partial charge in [-0.1, -0.05) is 24.9 Å². The number of halogens is 1. The van der Waals surface area contributed by atoms with Gasteiger partial charge in [0, 0.05) is 12.6 Å². The summed E-state index contributed by atoms with van der Waals surface area (Å²) >= 11 is 5.67. The van der Waals surface area contributed by atoms with Crippen LogP contribution in [0.2, 0.25) is 5.15 Å². The number of hydrogen-bond donors (Lipinski definition) is 1. The molecule has 1 N–H and O–H groups in total. The average Bonchev–Trinajstić information content (AvgIpc) is 2.05. The summed E-state index contributed by atoms with van der Waals surface area (Å²) in [6.07, 6.45) is 3.77. The molecular weight excluding hydrogens is 174 g/mol. The third-order valence-electron chi connectivity index (χ3n) is 1.47. The fourth-order valence-corrected chi connectivity index (χ4v) is 0.970. The number of unbranched alkanes of at least 4 members (excludes halogenated alkanes) is 1. The van der Waals surface area contributed by atoms with Crippen LogP contribution in [0.25, 0.3) is 0 Å². The number of nitrogens with zero attached hydrogens (tertiary/aromatic N) is 2. The summed E-state index contributed by atoms with van der Waals surface area (Å²) in [5.41, 5.74) is 0. The Morgan fingerprint density at radius 3 is 3.00 bits per heavy atom. The van der Waals surface area contributed by atoms with Gasteiger partial charge in [0.15, 0.2) is 0 Å². The summed E-state index contributed by atoms with van der Waals surface area (Å²) in [5, 5.41) is 3.63. The van der Waals surface area contributed by atoms with Crippen LogP contribution in [-0.2, 0) is 0 Å². The van der Waals surface area contributed by atoms with E-state index in [1.54, 1.807) is 6.07 Å². The highest BCUT2D eigenvalue weighted by molar-refractivity contribution is 6.29. The predicted octanol–water partition coefficient (Wildman–Crippen LogP) is 2.34. The van der Waals surface area contributed by atoms with Crippen molar-refractivity contribution >= 4 is 17.4 Å². The summed E-state index contributed by atoms with van der Waals surface area (Å²) in [5.74, 6) is 0.795. The van der Waals surface area contributed by atoms with Crippen LogP contribution in [0.1, 0.15) is 19.8 Å². The molecule has 0 saturated heterocycles. The van der Waals surface area contributed by atoms with Gasteiger partial charge in [0.05, 0.1) is 0 Å². The molecule has 1 rings (SSSR count). The Morgan fingerprint density at radius 2 is 2.33 bits per heavy atom. The molecule has 1 aromatic rings. The van der Waals surface area contributed by atoms with Crippen molar-refractivity contribution < 1.29 is 0 Å². The summed E-state index contributed by atoms with van der Waals surface area (Å²) in [4.78, 5) is 7.79. The lowest BCUT2D eigenvalue weighted by Crippen LogP contribution is -2.02. The van der Waals surface area contributed by atoms with Gasteiger partial charge in [-0.3, -0.25) is 0 Å². The van der Waals surface area contributed by atoms with Gasteiger partial charge in [0.25, 0.3) is 0 Å². The normalized spacial score (nSPS) is 9.83. The zero-order valence-electron chi connectivity index (χ0n) is 7.05. The van der Waals surface area contributed by atoms with Crippen LogP contribution in [0.15, 0.2) is 12.4 Å². The lowest BCUT2D eigenvalue weighted by Gasteiger charge is -2.02. The molecule has 0 aromatic carbocycles. The molecule has 0 unspecified atom stereocenters. The molecule has 4 heteroatoms. The van der Waals surface area contributed by atoms with E-state index in [-0.39, 0.29) is 0 Å². The molecule has 12 heavy (non-hydrogen) atoms. The Bertz CT molecular complexity index is 239. The molecule has 0 atom stereocenters. The fraction of sp³-hybridized carbons (Fsp3) is 0.500. The third kappa shape index (κ3) is 3.05. The van der Waals surface area contributed by atoms with Crippen molar-refractivity contribution in [2.24, 2.45) is 0 Å². The van der Waals surface area contributed by atoms with Crippen molar-refractivity contribution in [1.29, 1.82) is 0 Å². The molecule has 0 radical (unpaired) electrons. The Morgan fingerprint density at radius 1 is 1.50 bits per heavy atom. The monoisotopic (exact) mass is 185 g/mol. The second-order valence-electron chi connectivity index (χ2n) is 2.51. The maximum Gasteiger partial charge on any atom is 0.134 e. The number of hydrogen-bond acceptors (Lipinski definition) is 3. The minimum Gasteiger partial charge on any atom is -0.370 e. The molecular formula is C8H12ClN3. The second kappa shape index (κ2) is 4.93. The molecule has 1 heterocycles. The molecule has 0 fully saturated rings. The van der Waals surface area contributed by atoms with E-state index in [0.29, 0.717) is 5.15 Å². The molecule has 0 aliphatic carbocycles. The SMILES string of the molecule is CCCCNc1cc(Cl)ncn1. The molecule has 0 spiro atoms. The van der Waals surface area contributed by atoms with E-state index in [4.69, 9.17) is 11.6 Å². The molecule has 0 amide bonds. The molecule has 66 valence electrons. The average molecular weight is 186 g/mol. The first kappa shape index (κ1) is 9.26. The van der Waals surface area contributed by atoms with Crippen LogP contribution in [0.4, 0.5) is 5.82 Å². The number of rotatable bonds is 4.